The van der Waals surface area contributed by atoms with E-state index in [1.54, 1.807) is 26.0 Å². The van der Waals surface area contributed by atoms with Gasteiger partial charge in [0.1, 0.15) is 12.6 Å². The highest BCUT2D eigenvalue weighted by Crippen LogP contribution is 2.27. The minimum atomic E-state index is -0.782. The van der Waals surface area contributed by atoms with Crippen molar-refractivity contribution in [3.05, 3.63) is 71.8 Å². The Hall–Kier alpha value is -3.41. The summed E-state index contributed by atoms with van der Waals surface area (Å²) in [6.07, 6.45) is 8.34. The van der Waals surface area contributed by atoms with Gasteiger partial charge in [-0.25, -0.2) is 0 Å². The van der Waals surface area contributed by atoms with Crippen LogP contribution in [0, 0.1) is 0 Å². The number of esters is 1. The van der Waals surface area contributed by atoms with Gasteiger partial charge in [-0.05, 0) is 42.3 Å². The van der Waals surface area contributed by atoms with Gasteiger partial charge in [-0.1, -0.05) is 48.6 Å². The molecule has 1 aliphatic carbocycles. The first kappa shape index (κ1) is 20.3. The summed E-state index contributed by atoms with van der Waals surface area (Å²) >= 11 is 0. The van der Waals surface area contributed by atoms with Crippen LogP contribution in [-0.2, 0) is 14.3 Å². The van der Waals surface area contributed by atoms with E-state index in [9.17, 15) is 14.4 Å². The van der Waals surface area contributed by atoms with Crippen molar-refractivity contribution >= 4 is 28.6 Å². The number of nitrogens with one attached hydrogen (secondary N) is 2. The number of carbonyl (C=O) groups excluding carboxylic acids is 3. The molecule has 0 unspecified atom stereocenters. The van der Waals surface area contributed by atoms with Gasteiger partial charge < -0.3 is 15.4 Å². The van der Waals surface area contributed by atoms with Crippen molar-refractivity contribution in [3.63, 3.8) is 0 Å². The molecule has 2 amide bonds. The Morgan fingerprint density at radius 2 is 1.72 bits per heavy atom. The van der Waals surface area contributed by atoms with Crippen molar-refractivity contribution in [1.29, 1.82) is 0 Å². The fourth-order valence-corrected chi connectivity index (χ4v) is 3.14. The largest absolute Gasteiger partial charge is 0.465 e. The van der Waals surface area contributed by atoms with E-state index < -0.39 is 17.9 Å². The standard InChI is InChI=1S/C23H24N2O4/c1-3-29-21(26)14-24-22(27)15(2)25-23(28)20-11-10-18-12-17(8-9-19(18)13-20)16-6-4-5-7-16/h4-13,15-16H,3,14H2,1-2H3,(H,24,27)(H,25,28)/t15-/m0/s1. The lowest BCUT2D eigenvalue weighted by Gasteiger charge is -2.14. The average Bonchev–Trinajstić information content (AvgIpc) is 3.26. The molecule has 2 aromatic rings. The molecule has 0 bridgehead atoms. The number of benzene rings is 2. The highest BCUT2D eigenvalue weighted by Gasteiger charge is 2.18. The van der Waals surface area contributed by atoms with Gasteiger partial charge in [-0.3, -0.25) is 14.4 Å². The summed E-state index contributed by atoms with van der Waals surface area (Å²) in [5.74, 6) is -1.03. The fraction of sp³-hybridized carbons (Fsp3) is 0.261. The van der Waals surface area contributed by atoms with Crippen molar-refractivity contribution in [2.45, 2.75) is 25.8 Å². The first-order chi connectivity index (χ1) is 14.0. The molecule has 0 fully saturated rings. The Bertz CT molecular complexity index is 982. The third-order valence-corrected chi connectivity index (χ3v) is 4.71. The van der Waals surface area contributed by atoms with Gasteiger partial charge in [0, 0.05) is 11.5 Å². The minimum absolute atomic E-state index is 0.226. The molecule has 2 N–H and O–H groups in total. The second-order valence-electron chi connectivity index (χ2n) is 6.83. The first-order valence-electron chi connectivity index (χ1n) is 9.61. The second kappa shape index (κ2) is 9.19. The van der Waals surface area contributed by atoms with E-state index in [4.69, 9.17) is 4.74 Å². The molecule has 3 rings (SSSR count). The number of hydrogen-bond acceptors (Lipinski definition) is 4. The van der Waals surface area contributed by atoms with E-state index >= 15 is 0 Å². The van der Waals surface area contributed by atoms with Crippen LogP contribution >= 0.6 is 0 Å². The molecule has 0 aliphatic heterocycles. The molecule has 0 saturated carbocycles. The maximum absolute atomic E-state index is 12.5. The topological polar surface area (TPSA) is 84.5 Å². The maximum atomic E-state index is 12.5. The van der Waals surface area contributed by atoms with E-state index in [1.165, 1.54) is 5.56 Å². The molecule has 6 nitrogen and oxygen atoms in total. The summed E-state index contributed by atoms with van der Waals surface area (Å²) in [6.45, 7) is 3.28. The van der Waals surface area contributed by atoms with Crippen LogP contribution in [0.4, 0.5) is 0 Å². The van der Waals surface area contributed by atoms with Crippen molar-refractivity contribution in [3.8, 4) is 0 Å². The van der Waals surface area contributed by atoms with Gasteiger partial charge in [0.2, 0.25) is 5.91 Å². The van der Waals surface area contributed by atoms with E-state index in [0.717, 1.165) is 10.8 Å². The van der Waals surface area contributed by atoms with Crippen molar-refractivity contribution in [2.75, 3.05) is 13.2 Å². The molecule has 0 saturated heterocycles. The number of hydrogen-bond donors (Lipinski definition) is 2. The highest BCUT2D eigenvalue weighted by molar-refractivity contribution is 6.01. The van der Waals surface area contributed by atoms with E-state index in [1.807, 2.05) is 24.3 Å². The Morgan fingerprint density at radius 3 is 2.45 bits per heavy atom. The van der Waals surface area contributed by atoms with E-state index in [0.29, 0.717) is 5.56 Å². The van der Waals surface area contributed by atoms with Gasteiger partial charge in [0.05, 0.1) is 6.61 Å². The molecule has 29 heavy (non-hydrogen) atoms. The van der Waals surface area contributed by atoms with Crippen LogP contribution in [0.5, 0.6) is 0 Å². The molecule has 1 atom stereocenters. The molecule has 0 aromatic heterocycles. The molecule has 0 radical (unpaired) electrons. The zero-order valence-electron chi connectivity index (χ0n) is 16.5. The lowest BCUT2D eigenvalue weighted by atomic mass is 9.96. The van der Waals surface area contributed by atoms with Gasteiger partial charge in [0.25, 0.3) is 5.91 Å². The lowest BCUT2D eigenvalue weighted by molar-refractivity contribution is -0.143. The summed E-state index contributed by atoms with van der Waals surface area (Å²) in [7, 11) is 0. The molecule has 0 heterocycles. The normalized spacial score (nSPS) is 14.0. The number of ether oxygens (including phenoxy) is 1. The average molecular weight is 392 g/mol. The molecule has 6 heteroatoms. The third-order valence-electron chi connectivity index (χ3n) is 4.71. The molecular weight excluding hydrogens is 368 g/mol. The highest BCUT2D eigenvalue weighted by atomic mass is 16.5. The minimum Gasteiger partial charge on any atom is -0.465 e. The Morgan fingerprint density at radius 1 is 1.03 bits per heavy atom. The van der Waals surface area contributed by atoms with Crippen LogP contribution in [-0.4, -0.2) is 37.0 Å². The smallest absolute Gasteiger partial charge is 0.325 e. The predicted octanol–water partition coefficient (Wildman–Crippen LogP) is 2.85. The van der Waals surface area contributed by atoms with Crippen LogP contribution in [0.1, 0.15) is 35.7 Å². The summed E-state index contributed by atoms with van der Waals surface area (Å²) in [5, 5.41) is 7.10. The van der Waals surface area contributed by atoms with Crippen molar-refractivity contribution < 1.29 is 19.1 Å². The van der Waals surface area contributed by atoms with Gasteiger partial charge in [-0.15, -0.1) is 0 Å². The molecular formula is C23H24N2O4. The number of allylic oxidation sites excluding steroid dienone is 4. The number of fused-ring (bicyclic) bond motifs is 1. The zero-order chi connectivity index (χ0) is 20.8. The quantitative estimate of drug-likeness (QED) is 0.710. The van der Waals surface area contributed by atoms with Gasteiger partial charge >= 0.3 is 5.97 Å². The van der Waals surface area contributed by atoms with Crippen LogP contribution in [0.3, 0.4) is 0 Å². The van der Waals surface area contributed by atoms with Crippen LogP contribution in [0.15, 0.2) is 60.7 Å². The van der Waals surface area contributed by atoms with Crippen LogP contribution < -0.4 is 10.6 Å². The predicted molar refractivity (Wildman–Crippen MR) is 112 cm³/mol. The Kier molecular flexibility index (Phi) is 6.44. The zero-order valence-corrected chi connectivity index (χ0v) is 16.5. The number of rotatable bonds is 7. The summed E-state index contributed by atoms with van der Waals surface area (Å²) in [4.78, 5) is 35.9. The summed E-state index contributed by atoms with van der Waals surface area (Å²) in [5.41, 5.74) is 1.67. The Labute approximate surface area is 169 Å². The van der Waals surface area contributed by atoms with Gasteiger partial charge in [-0.2, -0.15) is 0 Å². The summed E-state index contributed by atoms with van der Waals surface area (Å²) < 4.78 is 4.76. The van der Waals surface area contributed by atoms with E-state index in [2.05, 4.69) is 34.9 Å². The monoisotopic (exact) mass is 392 g/mol. The number of amides is 2. The SMILES string of the molecule is CCOC(=O)CNC(=O)[C@H](C)NC(=O)c1ccc2cc(C3C=CC=C3)ccc2c1. The third kappa shape index (κ3) is 5.10. The van der Waals surface area contributed by atoms with Gasteiger partial charge in [0.15, 0.2) is 0 Å². The number of carbonyl (C=O) groups is 3. The first-order valence-corrected chi connectivity index (χ1v) is 9.61. The lowest BCUT2D eigenvalue weighted by Crippen LogP contribution is -2.46. The fourth-order valence-electron chi connectivity index (χ4n) is 3.14. The van der Waals surface area contributed by atoms with Crippen molar-refractivity contribution in [2.24, 2.45) is 0 Å². The molecule has 0 spiro atoms. The molecule has 150 valence electrons. The maximum Gasteiger partial charge on any atom is 0.325 e. The van der Waals surface area contributed by atoms with Crippen LogP contribution in [0.2, 0.25) is 0 Å². The van der Waals surface area contributed by atoms with E-state index in [-0.39, 0.29) is 25.0 Å². The summed E-state index contributed by atoms with van der Waals surface area (Å²) in [6, 6.07) is 10.8. The Balaban J connectivity index is 1.63. The molecule has 2 aromatic carbocycles. The second-order valence-corrected chi connectivity index (χ2v) is 6.83. The van der Waals surface area contributed by atoms with Crippen molar-refractivity contribution in [1.82, 2.24) is 10.6 Å². The molecule has 1 aliphatic rings. The van der Waals surface area contributed by atoms with Crippen LogP contribution in [0.25, 0.3) is 10.8 Å².